The van der Waals surface area contributed by atoms with Gasteiger partial charge in [-0.25, -0.2) is 0 Å². The molecule has 0 radical (unpaired) electrons. The van der Waals surface area contributed by atoms with Crippen molar-refractivity contribution in [2.75, 3.05) is 35.5 Å². The van der Waals surface area contributed by atoms with E-state index in [0.717, 1.165) is 16.7 Å². The van der Waals surface area contributed by atoms with E-state index in [9.17, 15) is 10.2 Å². The highest BCUT2D eigenvalue weighted by atomic mass is 16.5. The van der Waals surface area contributed by atoms with Crippen LogP contribution in [0.4, 0.5) is 0 Å². The molecular weight excluding hydrogens is 388 g/mol. The third-order valence-electron chi connectivity index (χ3n) is 6.00. The zero-order valence-electron chi connectivity index (χ0n) is 18.6. The third-order valence-corrected chi connectivity index (χ3v) is 6.00. The van der Waals surface area contributed by atoms with Gasteiger partial charge in [-0.2, -0.15) is 0 Å². The second-order valence-corrected chi connectivity index (χ2v) is 7.81. The summed E-state index contributed by atoms with van der Waals surface area (Å²) in [5, 5.41) is 21.8. The van der Waals surface area contributed by atoms with Crippen LogP contribution < -0.4 is 23.7 Å². The summed E-state index contributed by atoms with van der Waals surface area (Å²) < 4.78 is 28.1. The molecule has 30 heavy (non-hydrogen) atoms. The van der Waals surface area contributed by atoms with Gasteiger partial charge in [-0.3, -0.25) is 0 Å². The molecular formula is C23H30O7. The average Bonchev–Trinajstić information content (AvgIpc) is 2.71. The van der Waals surface area contributed by atoms with Gasteiger partial charge in [0, 0.05) is 17.5 Å². The van der Waals surface area contributed by atoms with Gasteiger partial charge in [0.05, 0.1) is 41.2 Å². The van der Waals surface area contributed by atoms with Gasteiger partial charge in [-0.15, -0.1) is 0 Å². The molecule has 2 N–H and O–H groups in total. The van der Waals surface area contributed by atoms with E-state index in [1.165, 1.54) is 14.2 Å². The summed E-state index contributed by atoms with van der Waals surface area (Å²) in [5.41, 5.74) is 2.08. The largest absolute Gasteiger partial charge is 0.504 e. The number of fused-ring (bicyclic) bond motifs is 3. The highest BCUT2D eigenvalue weighted by Crippen LogP contribution is 2.55. The first-order valence-corrected chi connectivity index (χ1v) is 9.75. The molecule has 0 bridgehead atoms. The lowest BCUT2D eigenvalue weighted by atomic mass is 9.75. The maximum absolute atomic E-state index is 11.2. The molecule has 7 nitrogen and oxygen atoms in total. The Morgan fingerprint density at radius 1 is 0.800 bits per heavy atom. The normalized spacial score (nSPS) is 20.3. The first-order chi connectivity index (χ1) is 14.2. The van der Waals surface area contributed by atoms with Crippen molar-refractivity contribution in [3.63, 3.8) is 0 Å². The Bertz CT molecular complexity index is 950. The quantitative estimate of drug-likeness (QED) is 0.767. The van der Waals surface area contributed by atoms with Gasteiger partial charge < -0.3 is 33.9 Å². The minimum absolute atomic E-state index is 0.0264. The van der Waals surface area contributed by atoms with E-state index in [1.807, 2.05) is 19.9 Å². The summed E-state index contributed by atoms with van der Waals surface area (Å²) in [5.74, 6) is 1.91. The lowest BCUT2D eigenvalue weighted by Crippen LogP contribution is -2.37. The molecule has 1 aliphatic rings. The smallest absolute Gasteiger partial charge is 0.203 e. The second-order valence-electron chi connectivity index (χ2n) is 7.81. The van der Waals surface area contributed by atoms with Gasteiger partial charge >= 0.3 is 0 Å². The van der Waals surface area contributed by atoms with Crippen LogP contribution in [0.5, 0.6) is 34.5 Å². The number of aliphatic hydroxyl groups is 1. The first kappa shape index (κ1) is 21.9. The lowest BCUT2D eigenvalue weighted by molar-refractivity contribution is 0.00628. The third kappa shape index (κ3) is 3.37. The number of hydrogen-bond donors (Lipinski definition) is 2. The number of rotatable bonds is 5. The van der Waals surface area contributed by atoms with Crippen molar-refractivity contribution >= 4 is 0 Å². The van der Waals surface area contributed by atoms with Crippen molar-refractivity contribution in [1.82, 2.24) is 0 Å². The van der Waals surface area contributed by atoms with Crippen molar-refractivity contribution in [3.8, 4) is 45.6 Å². The summed E-state index contributed by atoms with van der Waals surface area (Å²) in [6, 6.07) is 3.51. The standard InChI is InChI=1S/C23H30O7/c1-12-8-13-9-15(24)19(27-4)21(29-6)17(13)18-14(11-23(12,2)25)10-16(26-3)20(28-5)22(18)30-7/h9-10,12,24-25H,8,11H2,1-7H3/t12-,23-/m0/s1. The van der Waals surface area contributed by atoms with E-state index in [2.05, 4.69) is 0 Å². The minimum Gasteiger partial charge on any atom is -0.504 e. The molecule has 1 aliphatic carbocycles. The fourth-order valence-corrected chi connectivity index (χ4v) is 4.24. The maximum Gasteiger partial charge on any atom is 0.203 e. The Labute approximate surface area is 177 Å². The Hall–Kier alpha value is -2.80. The van der Waals surface area contributed by atoms with E-state index in [-0.39, 0.29) is 17.4 Å². The highest BCUT2D eigenvalue weighted by Gasteiger charge is 2.37. The Balaban J connectivity index is 2.53. The van der Waals surface area contributed by atoms with Crippen LogP contribution in [0.1, 0.15) is 25.0 Å². The molecule has 2 aromatic rings. The van der Waals surface area contributed by atoms with Crippen molar-refractivity contribution in [2.45, 2.75) is 32.3 Å². The number of ether oxygens (including phenoxy) is 5. The monoisotopic (exact) mass is 418 g/mol. The van der Waals surface area contributed by atoms with Crippen LogP contribution in [0.15, 0.2) is 12.1 Å². The number of hydrogen-bond acceptors (Lipinski definition) is 7. The van der Waals surface area contributed by atoms with Gasteiger partial charge in [-0.05, 0) is 42.5 Å². The molecule has 7 heteroatoms. The van der Waals surface area contributed by atoms with Crippen LogP contribution in [0.25, 0.3) is 11.1 Å². The van der Waals surface area contributed by atoms with Gasteiger partial charge in [0.2, 0.25) is 11.5 Å². The number of phenols is 1. The molecule has 0 heterocycles. The number of phenolic OH excluding ortho intramolecular Hbond substituents is 1. The van der Waals surface area contributed by atoms with Crippen LogP contribution in [0, 0.1) is 5.92 Å². The molecule has 3 rings (SSSR count). The molecule has 0 saturated carbocycles. The highest BCUT2D eigenvalue weighted by molar-refractivity contribution is 5.88. The Kier molecular flexibility index (Phi) is 5.94. The molecule has 0 fully saturated rings. The number of methoxy groups -OCH3 is 5. The van der Waals surface area contributed by atoms with Gasteiger partial charge in [0.25, 0.3) is 0 Å². The van der Waals surface area contributed by atoms with Crippen LogP contribution in [-0.4, -0.2) is 51.4 Å². The molecule has 0 aromatic heterocycles. The lowest BCUT2D eigenvalue weighted by Gasteiger charge is -2.35. The van der Waals surface area contributed by atoms with E-state index in [0.29, 0.717) is 41.4 Å². The van der Waals surface area contributed by atoms with Gasteiger partial charge in [0.15, 0.2) is 23.0 Å². The predicted octanol–water partition coefficient (Wildman–Crippen LogP) is 3.59. The van der Waals surface area contributed by atoms with E-state index in [1.54, 1.807) is 27.4 Å². The molecule has 0 amide bonds. The summed E-state index contributed by atoms with van der Waals surface area (Å²) in [4.78, 5) is 0. The van der Waals surface area contributed by atoms with Crippen LogP contribution in [-0.2, 0) is 12.8 Å². The molecule has 164 valence electrons. The fraction of sp³-hybridized carbons (Fsp3) is 0.478. The van der Waals surface area contributed by atoms with Crippen molar-refractivity contribution in [1.29, 1.82) is 0 Å². The molecule has 2 atom stereocenters. The average molecular weight is 418 g/mol. The Morgan fingerprint density at radius 3 is 1.87 bits per heavy atom. The van der Waals surface area contributed by atoms with Crippen LogP contribution in [0.2, 0.25) is 0 Å². The van der Waals surface area contributed by atoms with Crippen LogP contribution >= 0.6 is 0 Å². The molecule has 0 spiro atoms. The van der Waals surface area contributed by atoms with Crippen molar-refractivity contribution in [3.05, 3.63) is 23.3 Å². The van der Waals surface area contributed by atoms with E-state index < -0.39 is 5.60 Å². The zero-order valence-corrected chi connectivity index (χ0v) is 18.6. The zero-order chi connectivity index (χ0) is 22.2. The van der Waals surface area contributed by atoms with E-state index >= 15 is 0 Å². The number of benzene rings is 2. The fourth-order valence-electron chi connectivity index (χ4n) is 4.24. The summed E-state index contributed by atoms with van der Waals surface area (Å²) in [7, 11) is 7.67. The molecule has 2 aromatic carbocycles. The van der Waals surface area contributed by atoms with Crippen molar-refractivity contribution in [2.24, 2.45) is 5.92 Å². The maximum atomic E-state index is 11.2. The van der Waals surface area contributed by atoms with Gasteiger partial charge in [-0.1, -0.05) is 6.92 Å². The molecule has 0 aliphatic heterocycles. The summed E-state index contributed by atoms with van der Waals surface area (Å²) in [6.45, 7) is 3.80. The first-order valence-electron chi connectivity index (χ1n) is 9.75. The molecule has 0 saturated heterocycles. The number of aromatic hydroxyl groups is 1. The predicted molar refractivity (Wildman–Crippen MR) is 113 cm³/mol. The van der Waals surface area contributed by atoms with E-state index in [4.69, 9.17) is 23.7 Å². The summed E-state index contributed by atoms with van der Waals surface area (Å²) in [6.07, 6.45) is 0.888. The minimum atomic E-state index is -1.00. The molecule has 0 unspecified atom stereocenters. The summed E-state index contributed by atoms with van der Waals surface area (Å²) >= 11 is 0. The topological polar surface area (TPSA) is 86.6 Å². The van der Waals surface area contributed by atoms with Gasteiger partial charge in [0.1, 0.15) is 0 Å². The second kappa shape index (κ2) is 8.14. The van der Waals surface area contributed by atoms with Crippen molar-refractivity contribution < 1.29 is 33.9 Å². The van der Waals surface area contributed by atoms with Crippen LogP contribution in [0.3, 0.4) is 0 Å². The SMILES string of the molecule is COc1cc2c(c(OC)c1OC)-c1c(cc(O)c(OC)c1OC)C[C@H](C)[C@@](C)(O)C2. The Morgan fingerprint density at radius 2 is 1.33 bits per heavy atom.